The highest BCUT2D eigenvalue weighted by Gasteiger charge is 1.97. The second-order valence-corrected chi connectivity index (χ2v) is 2.35. The Hall–Kier alpha value is -0.570. The lowest BCUT2D eigenvalue weighted by Crippen LogP contribution is -1.93. The molecule has 0 aliphatic rings. The van der Waals surface area contributed by atoms with Crippen LogP contribution in [0.25, 0.3) is 0 Å². The standard InChI is InChI=1S/C7H8BrNO/c1-2-10-7-6(8)4-3-5-9-7/h3-5H,2H2,1H3/i1D3,2D2. The van der Waals surface area contributed by atoms with Crippen molar-refractivity contribution in [2.45, 2.75) is 6.85 Å². The number of rotatable bonds is 2. The van der Waals surface area contributed by atoms with Gasteiger partial charge in [0.05, 0.1) is 13.8 Å². The number of halogens is 1. The summed E-state index contributed by atoms with van der Waals surface area (Å²) in [6, 6.07) is 3.19. The fourth-order valence-electron chi connectivity index (χ4n) is 0.495. The van der Waals surface area contributed by atoms with E-state index in [2.05, 4.69) is 20.9 Å². The average Bonchev–Trinajstić information content (AvgIpc) is 2.06. The maximum atomic E-state index is 7.23. The van der Waals surface area contributed by atoms with Crippen molar-refractivity contribution in [1.29, 1.82) is 0 Å². The summed E-state index contributed by atoms with van der Waals surface area (Å²) in [5.41, 5.74) is 0. The van der Waals surface area contributed by atoms with E-state index in [-0.39, 0.29) is 5.88 Å². The molecule has 1 heterocycles. The normalized spacial score (nSPS) is 19.5. The van der Waals surface area contributed by atoms with Crippen LogP contribution in [0, 0.1) is 0 Å². The van der Waals surface area contributed by atoms with Crippen molar-refractivity contribution in [2.24, 2.45) is 0 Å². The third-order valence-corrected chi connectivity index (χ3v) is 1.48. The van der Waals surface area contributed by atoms with Gasteiger partial charge in [-0.15, -0.1) is 0 Å². The Morgan fingerprint density at radius 3 is 3.60 bits per heavy atom. The van der Waals surface area contributed by atoms with Crippen LogP contribution in [0.2, 0.25) is 0 Å². The fourth-order valence-corrected chi connectivity index (χ4v) is 0.831. The first kappa shape index (κ1) is 3.22. The first-order valence-electron chi connectivity index (χ1n) is 5.03. The van der Waals surface area contributed by atoms with Gasteiger partial charge in [0.2, 0.25) is 5.88 Å². The number of ether oxygens (including phenoxy) is 1. The van der Waals surface area contributed by atoms with E-state index < -0.39 is 13.4 Å². The second kappa shape index (κ2) is 3.56. The molecule has 0 N–H and O–H groups in total. The molecule has 0 saturated carbocycles. The zero-order chi connectivity index (χ0) is 11.7. The Balaban J connectivity index is 2.92. The smallest absolute Gasteiger partial charge is 0.227 e. The quantitative estimate of drug-likeness (QED) is 0.741. The van der Waals surface area contributed by atoms with E-state index in [1.807, 2.05) is 0 Å². The zero-order valence-corrected chi connectivity index (χ0v) is 6.55. The van der Waals surface area contributed by atoms with Crippen molar-refractivity contribution in [3.05, 3.63) is 22.8 Å². The molecule has 1 rings (SSSR count). The van der Waals surface area contributed by atoms with Gasteiger partial charge in [-0.1, -0.05) is 0 Å². The van der Waals surface area contributed by atoms with Crippen molar-refractivity contribution in [3.63, 3.8) is 0 Å². The summed E-state index contributed by atoms with van der Waals surface area (Å²) in [5.74, 6) is -0.0846. The summed E-state index contributed by atoms with van der Waals surface area (Å²) in [6.07, 6.45) is 1.38. The lowest BCUT2D eigenvalue weighted by Gasteiger charge is -2.01. The van der Waals surface area contributed by atoms with Crippen LogP contribution in [0.4, 0.5) is 0 Å². The Morgan fingerprint density at radius 2 is 2.90 bits per heavy atom. The van der Waals surface area contributed by atoms with Crippen molar-refractivity contribution in [2.75, 3.05) is 6.56 Å². The van der Waals surface area contributed by atoms with E-state index in [0.29, 0.717) is 4.47 Å². The van der Waals surface area contributed by atoms with Gasteiger partial charge in [0.25, 0.3) is 0 Å². The number of nitrogens with zero attached hydrogens (tertiary/aromatic N) is 1. The molecular weight excluding hydrogens is 194 g/mol. The highest BCUT2D eigenvalue weighted by molar-refractivity contribution is 9.10. The number of pyridine rings is 1. The molecule has 0 spiro atoms. The summed E-state index contributed by atoms with van der Waals surface area (Å²) in [6.45, 7) is -5.62. The monoisotopic (exact) mass is 206 g/mol. The number of hydrogen-bond donors (Lipinski definition) is 0. The van der Waals surface area contributed by atoms with E-state index in [1.165, 1.54) is 6.20 Å². The summed E-state index contributed by atoms with van der Waals surface area (Å²) in [5, 5.41) is 0. The highest BCUT2D eigenvalue weighted by Crippen LogP contribution is 2.20. The predicted octanol–water partition coefficient (Wildman–Crippen LogP) is 2.24. The molecule has 1 aromatic heterocycles. The van der Waals surface area contributed by atoms with Gasteiger partial charge in [0.15, 0.2) is 0 Å². The van der Waals surface area contributed by atoms with Gasteiger partial charge in [-0.05, 0) is 34.9 Å². The van der Waals surface area contributed by atoms with Crippen molar-refractivity contribution >= 4 is 15.9 Å². The largest absolute Gasteiger partial charge is 0.477 e. The number of aromatic nitrogens is 1. The zero-order valence-electron chi connectivity index (χ0n) is 9.97. The fraction of sp³-hybridized carbons (Fsp3) is 0.286. The molecule has 2 nitrogen and oxygen atoms in total. The van der Waals surface area contributed by atoms with Gasteiger partial charge >= 0.3 is 0 Å². The van der Waals surface area contributed by atoms with E-state index >= 15 is 0 Å². The van der Waals surface area contributed by atoms with Crippen LogP contribution >= 0.6 is 15.9 Å². The Labute approximate surface area is 75.4 Å². The first-order chi connectivity index (χ1) is 6.74. The van der Waals surface area contributed by atoms with E-state index in [1.54, 1.807) is 12.1 Å². The molecule has 0 unspecified atom stereocenters. The molecular formula is C7H8BrNO. The van der Waals surface area contributed by atoms with Crippen LogP contribution in [-0.4, -0.2) is 11.5 Å². The molecule has 0 aliphatic heterocycles. The third kappa shape index (κ3) is 1.70. The summed E-state index contributed by atoms with van der Waals surface area (Å²) < 4.78 is 40.4. The minimum absolute atomic E-state index is 0.0846. The van der Waals surface area contributed by atoms with E-state index in [9.17, 15) is 0 Å². The first-order valence-corrected chi connectivity index (χ1v) is 3.33. The van der Waals surface area contributed by atoms with Gasteiger partial charge in [-0.25, -0.2) is 4.98 Å². The van der Waals surface area contributed by atoms with Crippen LogP contribution in [0.1, 0.15) is 13.7 Å². The molecule has 0 amide bonds. The molecule has 0 aromatic carbocycles. The minimum atomic E-state index is -2.86. The molecule has 1 aromatic rings. The van der Waals surface area contributed by atoms with E-state index in [4.69, 9.17) is 11.6 Å². The molecule has 0 atom stereocenters. The van der Waals surface area contributed by atoms with Gasteiger partial charge in [-0.3, -0.25) is 0 Å². The topological polar surface area (TPSA) is 22.1 Å². The van der Waals surface area contributed by atoms with Crippen molar-refractivity contribution in [3.8, 4) is 5.88 Å². The molecule has 0 saturated heterocycles. The van der Waals surface area contributed by atoms with Gasteiger partial charge in [-0.2, -0.15) is 0 Å². The molecule has 0 bridgehead atoms. The van der Waals surface area contributed by atoms with Gasteiger partial charge in [0, 0.05) is 10.3 Å². The van der Waals surface area contributed by atoms with Crippen molar-refractivity contribution < 1.29 is 11.6 Å². The molecule has 0 fully saturated rings. The highest BCUT2D eigenvalue weighted by atomic mass is 79.9. The summed E-state index contributed by atoms with van der Waals surface area (Å²) >= 11 is 3.08. The third-order valence-electron chi connectivity index (χ3n) is 0.872. The molecule has 0 aliphatic carbocycles. The Bertz CT molecular complexity index is 353. The Kier molecular flexibility index (Phi) is 1.15. The van der Waals surface area contributed by atoms with Crippen LogP contribution in [0.15, 0.2) is 22.8 Å². The minimum Gasteiger partial charge on any atom is -0.477 e. The molecule has 54 valence electrons. The molecule has 3 heteroatoms. The maximum Gasteiger partial charge on any atom is 0.227 e. The van der Waals surface area contributed by atoms with Gasteiger partial charge in [0.1, 0.15) is 0 Å². The number of hydrogen-bond acceptors (Lipinski definition) is 2. The lowest BCUT2D eigenvalue weighted by atomic mass is 10.5. The SMILES string of the molecule is [2H]C([2H])([2H])C([2H])([2H])Oc1ncccc1Br. The average molecular weight is 207 g/mol. The maximum absolute atomic E-state index is 7.23. The van der Waals surface area contributed by atoms with Gasteiger partial charge < -0.3 is 4.74 Å². The predicted molar refractivity (Wildman–Crippen MR) is 43.1 cm³/mol. The summed E-state index contributed by atoms with van der Waals surface area (Å²) in [7, 11) is 0. The van der Waals surface area contributed by atoms with Crippen molar-refractivity contribution in [1.82, 2.24) is 4.98 Å². The molecule has 10 heavy (non-hydrogen) atoms. The van der Waals surface area contributed by atoms with Crippen LogP contribution in [0.5, 0.6) is 5.88 Å². The van der Waals surface area contributed by atoms with E-state index in [0.717, 1.165) is 0 Å². The molecule has 0 radical (unpaired) electrons. The van der Waals surface area contributed by atoms with Crippen LogP contribution in [-0.2, 0) is 0 Å². The second-order valence-electron chi connectivity index (χ2n) is 1.49. The summed E-state index contributed by atoms with van der Waals surface area (Å²) in [4.78, 5) is 3.72. The lowest BCUT2D eigenvalue weighted by molar-refractivity contribution is 0.324. The van der Waals surface area contributed by atoms with Crippen LogP contribution < -0.4 is 4.74 Å². The van der Waals surface area contributed by atoms with Crippen LogP contribution in [0.3, 0.4) is 0 Å². The Morgan fingerprint density at radius 1 is 2.00 bits per heavy atom.